The lowest BCUT2D eigenvalue weighted by atomic mass is 9.83. The molecular weight excluding hydrogens is 460 g/mol. The van der Waals surface area contributed by atoms with Gasteiger partial charge in [-0.1, -0.05) is 36.4 Å². The molecule has 0 bridgehead atoms. The molecule has 4 N–H and O–H groups in total. The molecule has 1 aliphatic rings. The molecule has 1 atom stereocenters. The van der Waals surface area contributed by atoms with E-state index in [2.05, 4.69) is 16.0 Å². The number of nitrogens with zero attached hydrogens (tertiary/aromatic N) is 1. The molecule has 2 aromatic rings. The maximum absolute atomic E-state index is 12.6. The van der Waals surface area contributed by atoms with E-state index in [4.69, 9.17) is 4.74 Å². The summed E-state index contributed by atoms with van der Waals surface area (Å²) in [6.45, 7) is 4.90. The minimum atomic E-state index is -1.03. The van der Waals surface area contributed by atoms with Crippen LogP contribution in [0.15, 0.2) is 78.7 Å². The normalized spacial score (nSPS) is 14.2. The van der Waals surface area contributed by atoms with Crippen molar-refractivity contribution in [2.45, 2.75) is 26.3 Å². The van der Waals surface area contributed by atoms with Crippen molar-refractivity contribution < 1.29 is 24.2 Å². The first-order chi connectivity index (χ1) is 17.1. The molecule has 9 heteroatoms. The van der Waals surface area contributed by atoms with Gasteiger partial charge in [-0.15, -0.1) is 0 Å². The minimum absolute atomic E-state index is 0.236. The largest absolute Gasteiger partial charge is 0.495 e. The number of nitrogens with one attached hydrogen (secondary N) is 3. The van der Waals surface area contributed by atoms with Gasteiger partial charge in [0.15, 0.2) is 0 Å². The Balaban J connectivity index is 1.94. The van der Waals surface area contributed by atoms with Gasteiger partial charge in [-0.3, -0.25) is 9.59 Å². The predicted molar refractivity (Wildman–Crippen MR) is 139 cm³/mol. The first kappa shape index (κ1) is 26.1. The molecular formula is C27H30N4O5. The Labute approximate surface area is 210 Å². The summed E-state index contributed by atoms with van der Waals surface area (Å²) in [5.41, 5.74) is 2.36. The van der Waals surface area contributed by atoms with Crippen LogP contribution >= 0.6 is 0 Å². The molecule has 1 unspecified atom stereocenters. The first-order valence-electron chi connectivity index (χ1n) is 11.3. The van der Waals surface area contributed by atoms with Crippen molar-refractivity contribution >= 4 is 29.3 Å². The smallest absolute Gasteiger partial charge is 0.323 e. The summed E-state index contributed by atoms with van der Waals surface area (Å²) in [5, 5.41) is 17.8. The monoisotopic (exact) mass is 490 g/mol. The summed E-state index contributed by atoms with van der Waals surface area (Å²) >= 11 is 0. The van der Waals surface area contributed by atoms with Gasteiger partial charge in [0.2, 0.25) is 5.91 Å². The Morgan fingerprint density at radius 3 is 2.44 bits per heavy atom. The quantitative estimate of drug-likeness (QED) is 0.437. The van der Waals surface area contributed by atoms with Gasteiger partial charge in [0.05, 0.1) is 18.3 Å². The maximum Gasteiger partial charge on any atom is 0.323 e. The summed E-state index contributed by atoms with van der Waals surface area (Å²) in [6.07, 6.45) is 8.63. The highest BCUT2D eigenvalue weighted by Crippen LogP contribution is 2.36. The van der Waals surface area contributed by atoms with Crippen molar-refractivity contribution in [2.75, 3.05) is 24.3 Å². The van der Waals surface area contributed by atoms with Crippen LogP contribution in [0.1, 0.15) is 25.0 Å². The SMILES string of the molecule is COc1cc(C(C)(NC(C)=O)C2=CN(CC(=O)O)C=CC=C2)ccc1NC(=O)Nc1ccccc1C. The number of carboxylic acid groups (broad SMARTS) is 1. The number of carbonyl (C=O) groups is 3. The lowest BCUT2D eigenvalue weighted by Crippen LogP contribution is -2.44. The minimum Gasteiger partial charge on any atom is -0.495 e. The zero-order valence-electron chi connectivity index (χ0n) is 20.7. The number of urea groups is 1. The lowest BCUT2D eigenvalue weighted by Gasteiger charge is -2.34. The zero-order chi connectivity index (χ0) is 26.3. The number of hydrogen-bond donors (Lipinski definition) is 4. The van der Waals surface area contributed by atoms with Crippen molar-refractivity contribution in [2.24, 2.45) is 0 Å². The van der Waals surface area contributed by atoms with E-state index in [1.807, 2.05) is 44.2 Å². The summed E-state index contributed by atoms with van der Waals surface area (Å²) in [7, 11) is 1.49. The predicted octanol–water partition coefficient (Wildman–Crippen LogP) is 4.35. The molecule has 0 spiro atoms. The number of methoxy groups -OCH3 is 1. The van der Waals surface area contributed by atoms with Crippen LogP contribution in [-0.4, -0.2) is 41.6 Å². The number of amides is 3. The fourth-order valence-electron chi connectivity index (χ4n) is 3.89. The van der Waals surface area contributed by atoms with Gasteiger partial charge in [-0.2, -0.15) is 0 Å². The van der Waals surface area contributed by atoms with Crippen LogP contribution in [0.4, 0.5) is 16.2 Å². The molecule has 2 aromatic carbocycles. The topological polar surface area (TPSA) is 120 Å². The number of rotatable bonds is 8. The van der Waals surface area contributed by atoms with Gasteiger partial charge in [0.1, 0.15) is 12.3 Å². The van der Waals surface area contributed by atoms with E-state index in [-0.39, 0.29) is 12.5 Å². The molecule has 9 nitrogen and oxygen atoms in total. The van der Waals surface area contributed by atoms with E-state index in [0.29, 0.717) is 28.3 Å². The molecule has 0 aromatic heterocycles. The van der Waals surface area contributed by atoms with Crippen LogP contribution in [0.5, 0.6) is 5.75 Å². The number of carboxylic acids is 1. The van der Waals surface area contributed by atoms with Crippen LogP contribution < -0.4 is 20.7 Å². The van der Waals surface area contributed by atoms with Gasteiger partial charge in [0.25, 0.3) is 0 Å². The van der Waals surface area contributed by atoms with E-state index in [1.165, 1.54) is 18.9 Å². The molecule has 0 saturated carbocycles. The third-order valence-electron chi connectivity index (χ3n) is 5.71. The zero-order valence-corrected chi connectivity index (χ0v) is 20.7. The van der Waals surface area contributed by atoms with E-state index in [0.717, 1.165) is 5.56 Å². The number of benzene rings is 2. The fourth-order valence-corrected chi connectivity index (χ4v) is 3.89. The molecule has 0 saturated heterocycles. The molecule has 0 aliphatic carbocycles. The molecule has 0 fully saturated rings. The van der Waals surface area contributed by atoms with Gasteiger partial charge in [-0.05, 0) is 54.8 Å². The van der Waals surface area contributed by atoms with Crippen molar-refractivity contribution in [3.63, 3.8) is 0 Å². The highest BCUT2D eigenvalue weighted by molar-refractivity contribution is 6.01. The molecule has 3 amide bonds. The van der Waals surface area contributed by atoms with E-state index < -0.39 is 17.5 Å². The highest BCUT2D eigenvalue weighted by atomic mass is 16.5. The van der Waals surface area contributed by atoms with Gasteiger partial charge in [0, 0.05) is 25.0 Å². The number of carbonyl (C=O) groups excluding carboxylic acids is 2. The Kier molecular flexibility index (Phi) is 8.16. The van der Waals surface area contributed by atoms with E-state index in [9.17, 15) is 19.5 Å². The average Bonchev–Trinajstić information content (AvgIpc) is 3.05. The Morgan fingerprint density at radius 1 is 1.06 bits per heavy atom. The lowest BCUT2D eigenvalue weighted by molar-refractivity contribution is -0.137. The Hall–Kier alpha value is -4.53. The van der Waals surface area contributed by atoms with E-state index in [1.54, 1.807) is 42.8 Å². The van der Waals surface area contributed by atoms with Crippen molar-refractivity contribution in [1.29, 1.82) is 0 Å². The summed E-state index contributed by atoms with van der Waals surface area (Å²) in [5.74, 6) is -0.866. The standard InChI is InChI=1S/C27H30N4O5/c1-18-9-5-6-11-22(18)28-26(35)29-23-13-12-20(15-24(23)36-4)27(3,30-19(2)32)21-10-7-8-14-31(16-21)17-25(33)34/h5-16H,17H2,1-4H3,(H,30,32)(H,33,34)(H2,28,29,35). The molecule has 0 radical (unpaired) electrons. The Bertz CT molecular complexity index is 1250. The number of ether oxygens (including phenoxy) is 1. The van der Waals surface area contributed by atoms with Crippen LogP contribution in [-0.2, 0) is 15.1 Å². The molecule has 36 heavy (non-hydrogen) atoms. The number of hydrogen-bond acceptors (Lipinski definition) is 5. The van der Waals surface area contributed by atoms with Crippen molar-refractivity contribution in [3.05, 3.63) is 89.8 Å². The summed E-state index contributed by atoms with van der Waals surface area (Å²) in [4.78, 5) is 37.6. The molecule has 188 valence electrons. The van der Waals surface area contributed by atoms with Crippen LogP contribution in [0.3, 0.4) is 0 Å². The number of anilines is 2. The molecule has 1 aliphatic heterocycles. The third-order valence-corrected chi connectivity index (χ3v) is 5.71. The van der Waals surface area contributed by atoms with Crippen LogP contribution in [0.2, 0.25) is 0 Å². The number of aliphatic carboxylic acids is 1. The highest BCUT2D eigenvalue weighted by Gasteiger charge is 2.33. The van der Waals surface area contributed by atoms with Crippen LogP contribution in [0.25, 0.3) is 0 Å². The molecule has 1 heterocycles. The first-order valence-corrected chi connectivity index (χ1v) is 11.3. The second kappa shape index (κ2) is 11.3. The van der Waals surface area contributed by atoms with Gasteiger partial charge in [-0.25, -0.2) is 4.79 Å². The number of aryl methyl sites for hydroxylation is 1. The number of para-hydroxylation sites is 1. The van der Waals surface area contributed by atoms with Crippen LogP contribution in [0, 0.1) is 6.92 Å². The second-order valence-electron chi connectivity index (χ2n) is 8.47. The van der Waals surface area contributed by atoms with Gasteiger partial charge < -0.3 is 30.7 Å². The van der Waals surface area contributed by atoms with E-state index >= 15 is 0 Å². The summed E-state index contributed by atoms with van der Waals surface area (Å²) in [6, 6.07) is 12.2. The van der Waals surface area contributed by atoms with Gasteiger partial charge >= 0.3 is 12.0 Å². The average molecular weight is 491 g/mol. The maximum atomic E-state index is 12.6. The van der Waals surface area contributed by atoms with Crippen molar-refractivity contribution in [1.82, 2.24) is 10.2 Å². The van der Waals surface area contributed by atoms with Crippen molar-refractivity contribution in [3.8, 4) is 5.75 Å². The Morgan fingerprint density at radius 2 is 1.78 bits per heavy atom. The third kappa shape index (κ3) is 6.32. The number of allylic oxidation sites excluding steroid dienone is 2. The second-order valence-corrected chi connectivity index (χ2v) is 8.47. The molecule has 3 rings (SSSR count). The summed E-state index contributed by atoms with van der Waals surface area (Å²) < 4.78 is 5.55. The fraction of sp³-hybridized carbons (Fsp3) is 0.222.